The molecule has 0 aromatic heterocycles. The molecule has 0 fully saturated rings. The van der Waals surface area contributed by atoms with E-state index in [1.54, 1.807) is 13.8 Å². The van der Waals surface area contributed by atoms with Crippen LogP contribution in [0.2, 0.25) is 39.3 Å². The fourth-order valence-corrected chi connectivity index (χ4v) is 3.27. The molecular formula is C22H42O6Si2. The van der Waals surface area contributed by atoms with Crippen LogP contribution in [0, 0.1) is 5.92 Å². The Bertz CT molecular complexity index is 567. The first-order valence-electron chi connectivity index (χ1n) is 10.5. The Labute approximate surface area is 185 Å². The Kier molecular flexibility index (Phi) is 17.4. The van der Waals surface area contributed by atoms with Crippen molar-refractivity contribution in [3.63, 3.8) is 0 Å². The second kappa shape index (κ2) is 17.1. The van der Waals surface area contributed by atoms with Crippen molar-refractivity contribution < 1.29 is 28.9 Å². The van der Waals surface area contributed by atoms with Crippen LogP contribution in [0.4, 0.5) is 4.79 Å². The zero-order valence-corrected chi connectivity index (χ0v) is 22.1. The summed E-state index contributed by atoms with van der Waals surface area (Å²) in [7, 11) is -2.44. The minimum absolute atomic E-state index is 0.0134. The lowest BCUT2D eigenvalue weighted by atomic mass is 10.1. The highest BCUT2D eigenvalue weighted by Crippen LogP contribution is 2.11. The molecule has 0 aliphatic heterocycles. The molecule has 174 valence electrons. The van der Waals surface area contributed by atoms with Crippen LogP contribution < -0.4 is 0 Å². The van der Waals surface area contributed by atoms with Crippen LogP contribution in [0.15, 0.2) is 29.3 Å². The van der Waals surface area contributed by atoms with Gasteiger partial charge in [0.25, 0.3) is 0 Å². The normalized spacial score (nSPS) is 12.2. The van der Waals surface area contributed by atoms with Gasteiger partial charge in [0.2, 0.25) is 0 Å². The average molecular weight is 459 g/mol. The van der Waals surface area contributed by atoms with Gasteiger partial charge in [-0.2, -0.15) is 0 Å². The molecule has 1 unspecified atom stereocenters. The van der Waals surface area contributed by atoms with Crippen molar-refractivity contribution in [1.29, 1.82) is 0 Å². The molecule has 0 aliphatic rings. The highest BCUT2D eigenvalue weighted by Gasteiger charge is 2.17. The van der Waals surface area contributed by atoms with Gasteiger partial charge in [0.05, 0.1) is 41.9 Å². The molecule has 0 radical (unpaired) electrons. The van der Waals surface area contributed by atoms with Gasteiger partial charge in [0.1, 0.15) is 0 Å². The Morgan fingerprint density at radius 1 is 0.967 bits per heavy atom. The predicted molar refractivity (Wildman–Crippen MR) is 128 cm³/mol. The maximum atomic E-state index is 11.5. The maximum absolute atomic E-state index is 11.5. The van der Waals surface area contributed by atoms with E-state index in [0.29, 0.717) is 32.7 Å². The first-order valence-corrected chi connectivity index (χ1v) is 17.7. The van der Waals surface area contributed by atoms with Crippen molar-refractivity contribution in [2.75, 3.05) is 26.4 Å². The van der Waals surface area contributed by atoms with E-state index in [0.717, 1.165) is 0 Å². The first-order chi connectivity index (χ1) is 13.9. The molecule has 6 nitrogen and oxygen atoms in total. The van der Waals surface area contributed by atoms with Gasteiger partial charge in [-0.1, -0.05) is 56.8 Å². The van der Waals surface area contributed by atoms with Crippen LogP contribution in [-0.4, -0.2) is 59.8 Å². The third kappa shape index (κ3) is 22.7. The topological polar surface area (TPSA) is 82.1 Å². The summed E-state index contributed by atoms with van der Waals surface area (Å²) in [6.45, 7) is 18.0. The number of rotatable bonds is 11. The predicted octanol–water partition coefficient (Wildman–Crippen LogP) is 5.12. The molecule has 0 bridgehead atoms. The summed E-state index contributed by atoms with van der Waals surface area (Å²) in [6.07, 6.45) is 4.30. The SMILES string of the molecule is CCOC(=O)C(C=C[Si](C)(C)C)CCO.CCOC(=O)OCCC=C=C[Si](C)(C)C. The minimum Gasteiger partial charge on any atom is -0.466 e. The van der Waals surface area contributed by atoms with Crippen LogP contribution in [0.1, 0.15) is 26.7 Å². The number of carbonyl (C=O) groups is 2. The summed E-state index contributed by atoms with van der Waals surface area (Å²) in [5.74, 6) is -0.525. The number of esters is 1. The van der Waals surface area contributed by atoms with Crippen molar-refractivity contribution in [2.45, 2.75) is 66.0 Å². The van der Waals surface area contributed by atoms with Crippen molar-refractivity contribution in [2.24, 2.45) is 5.92 Å². The van der Waals surface area contributed by atoms with E-state index in [1.165, 1.54) is 0 Å². The Balaban J connectivity index is 0. The Morgan fingerprint density at radius 2 is 1.57 bits per heavy atom. The van der Waals surface area contributed by atoms with E-state index in [2.05, 4.69) is 61.1 Å². The van der Waals surface area contributed by atoms with Gasteiger partial charge >= 0.3 is 12.1 Å². The summed E-state index contributed by atoms with van der Waals surface area (Å²) in [4.78, 5) is 22.2. The van der Waals surface area contributed by atoms with Gasteiger partial charge in [-0.15, -0.1) is 5.73 Å². The number of hydrogen-bond acceptors (Lipinski definition) is 6. The highest BCUT2D eigenvalue weighted by atomic mass is 28.3. The second-order valence-corrected chi connectivity index (χ2v) is 18.9. The molecule has 0 heterocycles. The maximum Gasteiger partial charge on any atom is 0.508 e. The lowest BCUT2D eigenvalue weighted by molar-refractivity contribution is -0.146. The standard InChI is InChI=1S/C11H22O3Si.C11H20O3Si/c1-5-14-11(13)10(6-8-12)7-9-15(2,3)4;1-5-13-11(12)14-9-7-6-8-10-15(2,3)4/h7,9-10,12H,5-6,8H2,1-4H3;6,10H,5,7,9H2,1-4H3. The zero-order valence-electron chi connectivity index (χ0n) is 20.1. The van der Waals surface area contributed by atoms with E-state index in [4.69, 9.17) is 14.6 Å². The van der Waals surface area contributed by atoms with E-state index in [-0.39, 0.29) is 18.5 Å². The summed E-state index contributed by atoms with van der Waals surface area (Å²) in [5, 5.41) is 8.85. The third-order valence-corrected chi connectivity index (χ3v) is 5.46. The number of aliphatic hydroxyl groups is 1. The molecule has 1 N–H and O–H groups in total. The molecule has 1 atom stereocenters. The molecule has 0 rings (SSSR count). The van der Waals surface area contributed by atoms with Gasteiger partial charge in [-0.3, -0.25) is 4.79 Å². The molecule has 0 saturated heterocycles. The van der Waals surface area contributed by atoms with E-state index in [9.17, 15) is 9.59 Å². The minimum atomic E-state index is -1.29. The molecule has 0 spiro atoms. The van der Waals surface area contributed by atoms with Gasteiger partial charge in [0.15, 0.2) is 0 Å². The van der Waals surface area contributed by atoms with Gasteiger partial charge < -0.3 is 19.3 Å². The van der Waals surface area contributed by atoms with Crippen molar-refractivity contribution >= 4 is 28.3 Å². The van der Waals surface area contributed by atoms with Crippen molar-refractivity contribution in [3.05, 3.63) is 29.3 Å². The summed E-state index contributed by atoms with van der Waals surface area (Å²) >= 11 is 0. The number of aliphatic hydroxyl groups excluding tert-OH is 1. The fraction of sp³-hybridized carbons (Fsp3) is 0.682. The molecule has 8 heteroatoms. The molecule has 0 saturated carbocycles. The molecule has 0 amide bonds. The quantitative estimate of drug-likeness (QED) is 0.200. The zero-order chi connectivity index (χ0) is 23.6. The third-order valence-electron chi connectivity index (χ3n) is 3.24. The molecule has 0 aliphatic carbocycles. The fourth-order valence-electron chi connectivity index (χ4n) is 1.84. The van der Waals surface area contributed by atoms with Crippen LogP contribution in [0.25, 0.3) is 0 Å². The van der Waals surface area contributed by atoms with Crippen LogP contribution in [0.5, 0.6) is 0 Å². The van der Waals surface area contributed by atoms with Crippen LogP contribution in [-0.2, 0) is 19.0 Å². The lowest BCUT2D eigenvalue weighted by Gasteiger charge is -2.13. The summed E-state index contributed by atoms with van der Waals surface area (Å²) in [5.41, 5.74) is 7.35. The molecule has 0 aromatic carbocycles. The number of ether oxygens (including phenoxy) is 3. The molecule has 30 heavy (non-hydrogen) atoms. The lowest BCUT2D eigenvalue weighted by Crippen LogP contribution is -2.20. The molecule has 0 aromatic rings. The van der Waals surface area contributed by atoms with Gasteiger partial charge in [-0.25, -0.2) is 4.79 Å². The van der Waals surface area contributed by atoms with Crippen LogP contribution in [0.3, 0.4) is 0 Å². The number of carbonyl (C=O) groups excluding carboxylic acids is 2. The number of hydrogen-bond donors (Lipinski definition) is 1. The van der Waals surface area contributed by atoms with E-state index >= 15 is 0 Å². The first kappa shape index (κ1) is 30.6. The summed E-state index contributed by atoms with van der Waals surface area (Å²) in [6, 6.07) is 0. The van der Waals surface area contributed by atoms with Crippen LogP contribution >= 0.6 is 0 Å². The molecular weight excluding hydrogens is 416 g/mol. The highest BCUT2D eigenvalue weighted by molar-refractivity contribution is 6.81. The van der Waals surface area contributed by atoms with Crippen molar-refractivity contribution in [1.82, 2.24) is 0 Å². The van der Waals surface area contributed by atoms with Crippen molar-refractivity contribution in [3.8, 4) is 0 Å². The average Bonchev–Trinajstić information content (AvgIpc) is 2.61. The van der Waals surface area contributed by atoms with E-state index < -0.39 is 22.3 Å². The van der Waals surface area contributed by atoms with E-state index in [1.807, 2.05) is 12.2 Å². The van der Waals surface area contributed by atoms with Gasteiger partial charge in [-0.05, 0) is 26.3 Å². The largest absolute Gasteiger partial charge is 0.508 e. The smallest absolute Gasteiger partial charge is 0.466 e. The monoisotopic (exact) mass is 458 g/mol. The van der Waals surface area contributed by atoms with Gasteiger partial charge in [0, 0.05) is 13.0 Å². The Morgan fingerprint density at radius 3 is 2.03 bits per heavy atom. The Hall–Kier alpha value is -1.61. The summed E-state index contributed by atoms with van der Waals surface area (Å²) < 4.78 is 14.3. The second-order valence-electron chi connectivity index (χ2n) is 8.80.